The Hall–Kier alpha value is -3.54. The third-order valence-electron chi connectivity index (χ3n) is 4.84. The Morgan fingerprint density at radius 1 is 0.966 bits per heavy atom. The number of allylic oxidation sites excluding steroid dienone is 2. The molecule has 0 spiro atoms. The van der Waals surface area contributed by atoms with Gasteiger partial charge in [0.15, 0.2) is 5.96 Å². The van der Waals surface area contributed by atoms with Crippen molar-refractivity contribution in [2.45, 2.75) is 19.3 Å². The maximum absolute atomic E-state index is 11.2. The van der Waals surface area contributed by atoms with Crippen molar-refractivity contribution in [3.05, 3.63) is 78.4 Å². The van der Waals surface area contributed by atoms with Crippen molar-refractivity contribution < 1.29 is 4.79 Å². The third kappa shape index (κ3) is 5.48. The molecule has 0 bridgehead atoms. The maximum Gasteiger partial charge on any atom is 0.248 e. The smallest absolute Gasteiger partial charge is 0.248 e. The normalized spacial score (nSPS) is 15.1. The lowest BCUT2D eigenvalue weighted by molar-refractivity contribution is 0.100. The molecule has 5 N–H and O–H groups in total. The molecule has 6 heteroatoms. The number of anilines is 2. The summed E-state index contributed by atoms with van der Waals surface area (Å²) in [5, 5.41) is 3.02. The van der Waals surface area contributed by atoms with E-state index >= 15 is 0 Å². The summed E-state index contributed by atoms with van der Waals surface area (Å²) >= 11 is 0. The molecule has 0 saturated carbocycles. The van der Waals surface area contributed by atoms with Crippen LogP contribution in [0, 0.1) is 0 Å². The first-order valence-electron chi connectivity index (χ1n) is 9.76. The number of hydrogen-bond acceptors (Lipinski definition) is 3. The van der Waals surface area contributed by atoms with Gasteiger partial charge in [-0.3, -0.25) is 4.79 Å². The minimum Gasteiger partial charge on any atom is -0.372 e. The molecule has 0 unspecified atom stereocenters. The SMILES string of the molecule is C=C/C=C(\N=C(/N)Nc1ccc(C(N)=O)cc1)c1ccc(N2CCCCC2)cc1. The number of carbonyl (C=O) groups excluding carboxylic acids is 1. The molecule has 6 nitrogen and oxygen atoms in total. The van der Waals surface area contributed by atoms with E-state index in [4.69, 9.17) is 11.5 Å². The van der Waals surface area contributed by atoms with Crippen LogP contribution in [0.2, 0.25) is 0 Å². The van der Waals surface area contributed by atoms with Crippen LogP contribution in [0.4, 0.5) is 11.4 Å². The molecule has 2 aromatic carbocycles. The number of rotatable bonds is 6. The van der Waals surface area contributed by atoms with E-state index in [2.05, 4.69) is 46.1 Å². The van der Waals surface area contributed by atoms with E-state index < -0.39 is 5.91 Å². The van der Waals surface area contributed by atoms with Gasteiger partial charge in [-0.25, -0.2) is 4.99 Å². The first kappa shape index (κ1) is 20.2. The number of piperidine rings is 1. The van der Waals surface area contributed by atoms with Crippen LogP contribution in [-0.2, 0) is 0 Å². The number of amides is 1. The molecule has 0 radical (unpaired) electrons. The number of hydrogen-bond donors (Lipinski definition) is 3. The number of primary amides is 1. The number of nitrogens with two attached hydrogens (primary N) is 2. The largest absolute Gasteiger partial charge is 0.372 e. The van der Waals surface area contributed by atoms with Crippen molar-refractivity contribution in [2.24, 2.45) is 16.5 Å². The lowest BCUT2D eigenvalue weighted by Crippen LogP contribution is -2.29. The second-order valence-electron chi connectivity index (χ2n) is 6.95. The first-order chi connectivity index (χ1) is 14.1. The van der Waals surface area contributed by atoms with Crippen molar-refractivity contribution in [3.63, 3.8) is 0 Å². The van der Waals surface area contributed by atoms with Gasteiger partial charge >= 0.3 is 0 Å². The zero-order valence-electron chi connectivity index (χ0n) is 16.5. The van der Waals surface area contributed by atoms with E-state index in [1.807, 2.05) is 6.08 Å². The van der Waals surface area contributed by atoms with Crippen LogP contribution in [-0.4, -0.2) is 25.0 Å². The molecule has 3 rings (SSSR count). The molecule has 1 saturated heterocycles. The molecular formula is C23H27N5O. The number of aliphatic imine (C=N–C) groups is 1. The predicted molar refractivity (Wildman–Crippen MR) is 121 cm³/mol. The molecule has 1 heterocycles. The summed E-state index contributed by atoms with van der Waals surface area (Å²) < 4.78 is 0. The molecule has 1 fully saturated rings. The van der Waals surface area contributed by atoms with Gasteiger partial charge in [0.1, 0.15) is 0 Å². The van der Waals surface area contributed by atoms with E-state index in [-0.39, 0.29) is 5.96 Å². The second kappa shape index (κ2) is 9.59. The topological polar surface area (TPSA) is 96.7 Å². The fraction of sp³-hybridized carbons (Fsp3) is 0.217. The quantitative estimate of drug-likeness (QED) is 0.398. The highest BCUT2D eigenvalue weighted by molar-refractivity contribution is 5.97. The van der Waals surface area contributed by atoms with E-state index in [1.165, 1.54) is 24.9 Å². The molecule has 0 aliphatic carbocycles. The van der Waals surface area contributed by atoms with Crippen LogP contribution in [0.1, 0.15) is 35.2 Å². The number of nitrogens with one attached hydrogen (secondary N) is 1. The Kier molecular flexibility index (Phi) is 6.68. The van der Waals surface area contributed by atoms with Gasteiger partial charge in [0.2, 0.25) is 5.91 Å². The standard InChI is InChI=1S/C23H27N5O/c1-2-6-21(17-9-13-20(14-10-17)28-15-4-3-5-16-28)27-23(25)26-19-11-7-18(8-12-19)22(24)29/h2,6-14H,1,3-5,15-16H2,(H2,24,29)(H3,25,26,27)/b21-6-. The lowest BCUT2D eigenvalue weighted by atomic mass is 10.1. The second-order valence-corrected chi connectivity index (χ2v) is 6.95. The molecule has 2 aromatic rings. The lowest BCUT2D eigenvalue weighted by Gasteiger charge is -2.28. The highest BCUT2D eigenvalue weighted by Gasteiger charge is 2.11. The van der Waals surface area contributed by atoms with Gasteiger partial charge in [0.25, 0.3) is 0 Å². The van der Waals surface area contributed by atoms with Crippen LogP contribution in [0.5, 0.6) is 0 Å². The minimum absolute atomic E-state index is 0.241. The summed E-state index contributed by atoms with van der Waals surface area (Å²) in [6.07, 6.45) is 7.31. The molecular weight excluding hydrogens is 362 g/mol. The van der Waals surface area contributed by atoms with Crippen LogP contribution < -0.4 is 21.7 Å². The maximum atomic E-state index is 11.2. The Bertz CT molecular complexity index is 907. The Morgan fingerprint density at radius 3 is 2.17 bits per heavy atom. The number of guanidine groups is 1. The van der Waals surface area contributed by atoms with Gasteiger partial charge in [-0.15, -0.1) is 0 Å². The van der Waals surface area contributed by atoms with Crippen molar-refractivity contribution in [1.82, 2.24) is 0 Å². The van der Waals surface area contributed by atoms with Crippen molar-refractivity contribution >= 4 is 28.9 Å². The fourth-order valence-electron chi connectivity index (χ4n) is 3.33. The molecule has 1 aliphatic rings. The Labute approximate surface area is 171 Å². The zero-order chi connectivity index (χ0) is 20.6. The third-order valence-corrected chi connectivity index (χ3v) is 4.84. The number of nitrogens with zero attached hydrogens (tertiary/aromatic N) is 2. The molecule has 1 amide bonds. The monoisotopic (exact) mass is 389 g/mol. The van der Waals surface area contributed by atoms with Crippen LogP contribution in [0.25, 0.3) is 5.70 Å². The van der Waals surface area contributed by atoms with Crippen molar-refractivity contribution in [2.75, 3.05) is 23.3 Å². The van der Waals surface area contributed by atoms with Gasteiger partial charge in [-0.05, 0) is 61.7 Å². The highest BCUT2D eigenvalue weighted by atomic mass is 16.1. The zero-order valence-corrected chi connectivity index (χ0v) is 16.5. The number of benzene rings is 2. The summed E-state index contributed by atoms with van der Waals surface area (Å²) in [5.41, 5.74) is 15.4. The fourth-order valence-corrected chi connectivity index (χ4v) is 3.33. The average Bonchev–Trinajstić information content (AvgIpc) is 2.74. The van der Waals surface area contributed by atoms with Gasteiger partial charge < -0.3 is 21.7 Å². The molecule has 150 valence electrons. The molecule has 0 aromatic heterocycles. The summed E-state index contributed by atoms with van der Waals surface area (Å²) in [6.45, 7) is 5.99. The summed E-state index contributed by atoms with van der Waals surface area (Å²) in [4.78, 5) is 18.1. The average molecular weight is 390 g/mol. The van der Waals surface area contributed by atoms with Crippen molar-refractivity contribution in [1.29, 1.82) is 0 Å². The summed E-state index contributed by atoms with van der Waals surface area (Å²) in [7, 11) is 0. The van der Waals surface area contributed by atoms with Gasteiger partial charge in [-0.2, -0.15) is 0 Å². The van der Waals surface area contributed by atoms with E-state index in [9.17, 15) is 4.79 Å². The minimum atomic E-state index is -0.470. The first-order valence-corrected chi connectivity index (χ1v) is 9.76. The van der Waals surface area contributed by atoms with Gasteiger partial charge in [0, 0.05) is 35.6 Å². The Morgan fingerprint density at radius 2 is 1.59 bits per heavy atom. The summed E-state index contributed by atoms with van der Waals surface area (Å²) in [5.74, 6) is -0.229. The highest BCUT2D eigenvalue weighted by Crippen LogP contribution is 2.24. The molecule has 0 atom stereocenters. The van der Waals surface area contributed by atoms with Crippen molar-refractivity contribution in [3.8, 4) is 0 Å². The van der Waals surface area contributed by atoms with E-state index in [1.54, 1.807) is 30.3 Å². The predicted octanol–water partition coefficient (Wildman–Crippen LogP) is 3.73. The molecule has 1 aliphatic heterocycles. The number of carbonyl (C=O) groups is 1. The Balaban J connectivity index is 1.73. The van der Waals surface area contributed by atoms with Crippen LogP contribution in [0.15, 0.2) is 72.3 Å². The van der Waals surface area contributed by atoms with Gasteiger partial charge in [-0.1, -0.05) is 24.8 Å². The van der Waals surface area contributed by atoms with Crippen LogP contribution >= 0.6 is 0 Å². The molecule has 29 heavy (non-hydrogen) atoms. The van der Waals surface area contributed by atoms with E-state index in [0.29, 0.717) is 11.3 Å². The van der Waals surface area contributed by atoms with E-state index in [0.717, 1.165) is 24.3 Å². The summed E-state index contributed by atoms with van der Waals surface area (Å²) in [6, 6.07) is 15.1. The van der Waals surface area contributed by atoms with Gasteiger partial charge in [0.05, 0.1) is 5.70 Å². The van der Waals surface area contributed by atoms with Crippen LogP contribution in [0.3, 0.4) is 0 Å².